The van der Waals surface area contributed by atoms with Gasteiger partial charge in [0.15, 0.2) is 0 Å². The van der Waals surface area contributed by atoms with Crippen molar-refractivity contribution in [2.24, 2.45) is 0 Å². The number of nitrogens with zero attached hydrogens (tertiary/aromatic N) is 2. The van der Waals surface area contributed by atoms with Gasteiger partial charge in [-0.15, -0.1) is 13.2 Å². The lowest BCUT2D eigenvalue weighted by Crippen LogP contribution is -2.19. The first kappa shape index (κ1) is 25.9. The minimum atomic E-state index is -4.80. The van der Waals surface area contributed by atoms with Crippen molar-refractivity contribution in [3.8, 4) is 39.6 Å². The largest absolute Gasteiger partial charge is 0.573 e. The molecule has 0 saturated heterocycles. The molecule has 6 nitrogen and oxygen atoms in total. The van der Waals surface area contributed by atoms with Crippen LogP contribution in [0.1, 0.15) is 0 Å². The first-order valence-electron chi connectivity index (χ1n) is 11.6. The van der Waals surface area contributed by atoms with Crippen LogP contribution in [0.4, 0.5) is 23.7 Å². The smallest absolute Gasteiger partial charge is 0.457 e. The van der Waals surface area contributed by atoms with E-state index in [9.17, 15) is 18.0 Å². The fourth-order valence-corrected chi connectivity index (χ4v) is 3.89. The topological polar surface area (TPSA) is 65.4 Å². The Morgan fingerprint density at radius 1 is 0.769 bits per heavy atom. The number of aromatic nitrogens is 2. The number of nitrogens with one attached hydrogen (secondary N) is 1. The van der Waals surface area contributed by atoms with Crippen LogP contribution in [0.25, 0.3) is 22.4 Å². The zero-order chi connectivity index (χ0) is 27.4. The number of carbonyl (C=O) groups is 1. The molecule has 0 aliphatic carbocycles. The highest BCUT2D eigenvalue weighted by Gasteiger charge is 2.31. The van der Waals surface area contributed by atoms with Gasteiger partial charge in [-0.2, -0.15) is 9.78 Å². The Labute approximate surface area is 226 Å². The Morgan fingerprint density at radius 3 is 1.97 bits per heavy atom. The van der Waals surface area contributed by atoms with Gasteiger partial charge in [-0.1, -0.05) is 41.9 Å². The van der Waals surface area contributed by atoms with Crippen molar-refractivity contribution in [2.75, 3.05) is 5.32 Å². The molecule has 4 aromatic carbocycles. The summed E-state index contributed by atoms with van der Waals surface area (Å²) in [7, 11) is 0. The van der Waals surface area contributed by atoms with E-state index >= 15 is 0 Å². The summed E-state index contributed by atoms with van der Waals surface area (Å²) in [5, 5.41) is 7.82. The zero-order valence-electron chi connectivity index (χ0n) is 20.0. The summed E-state index contributed by atoms with van der Waals surface area (Å²) >= 11 is 5.90. The highest BCUT2D eigenvalue weighted by atomic mass is 35.5. The van der Waals surface area contributed by atoms with E-state index in [4.69, 9.17) is 16.3 Å². The average Bonchev–Trinajstić information content (AvgIpc) is 3.37. The second-order valence-electron chi connectivity index (χ2n) is 8.28. The van der Waals surface area contributed by atoms with Crippen LogP contribution >= 0.6 is 11.6 Å². The molecule has 1 N–H and O–H groups in total. The molecule has 1 aromatic heterocycles. The van der Waals surface area contributed by atoms with Crippen molar-refractivity contribution in [3.63, 3.8) is 0 Å². The summed E-state index contributed by atoms with van der Waals surface area (Å²) in [6, 6.07) is 27.7. The maximum atomic E-state index is 13.1. The molecule has 5 rings (SSSR count). The van der Waals surface area contributed by atoms with Crippen LogP contribution in [0.15, 0.2) is 109 Å². The van der Waals surface area contributed by atoms with Gasteiger partial charge in [0.25, 0.3) is 0 Å². The Kier molecular flexibility index (Phi) is 7.25. The molecule has 0 saturated carbocycles. The number of anilines is 1. The van der Waals surface area contributed by atoms with Crippen LogP contribution in [-0.2, 0) is 0 Å². The van der Waals surface area contributed by atoms with E-state index in [1.54, 1.807) is 54.7 Å². The molecular formula is C29H19ClF3N3O3. The fraction of sp³-hybridized carbons (Fsp3) is 0.0345. The molecule has 0 atom stereocenters. The van der Waals surface area contributed by atoms with Crippen molar-refractivity contribution in [3.05, 3.63) is 114 Å². The fourth-order valence-electron chi connectivity index (χ4n) is 3.76. The summed E-state index contributed by atoms with van der Waals surface area (Å²) in [5.41, 5.74) is 2.85. The highest BCUT2D eigenvalue weighted by molar-refractivity contribution is 6.30. The lowest BCUT2D eigenvalue weighted by molar-refractivity contribution is -0.274. The summed E-state index contributed by atoms with van der Waals surface area (Å²) in [5.74, 6) is 0.834. The van der Waals surface area contributed by atoms with E-state index in [1.165, 1.54) is 24.3 Å². The number of hydrogen-bond donors (Lipinski definition) is 1. The Bertz CT molecular complexity index is 1570. The van der Waals surface area contributed by atoms with Gasteiger partial charge in [-0.3, -0.25) is 0 Å². The molecule has 5 aromatic rings. The molecule has 10 heteroatoms. The molecule has 1 amide bonds. The standard InChI is InChI=1S/C29H19ClF3N3O3/c30-21-8-14-23(15-9-21)38-24-16-10-22(11-17-24)34-28(37)36-18-26(19-4-2-1-3-5-19)27(35-36)20-6-12-25(13-7-20)39-29(31,32)33/h1-18H,(H,34,37). The Morgan fingerprint density at radius 2 is 1.36 bits per heavy atom. The number of amides is 1. The lowest BCUT2D eigenvalue weighted by atomic mass is 10.0. The number of carbonyl (C=O) groups excluding carboxylic acids is 1. The number of hydrogen-bond acceptors (Lipinski definition) is 4. The van der Waals surface area contributed by atoms with Crippen molar-refractivity contribution in [2.45, 2.75) is 6.36 Å². The SMILES string of the molecule is O=C(Nc1ccc(Oc2ccc(Cl)cc2)cc1)n1cc(-c2ccccc2)c(-c2ccc(OC(F)(F)F)cc2)n1. The third-order valence-corrected chi connectivity index (χ3v) is 5.78. The van der Waals surface area contributed by atoms with Crippen molar-refractivity contribution in [1.29, 1.82) is 0 Å². The maximum absolute atomic E-state index is 13.1. The van der Waals surface area contributed by atoms with Gasteiger partial charge in [-0.25, -0.2) is 4.79 Å². The predicted octanol–water partition coefficient (Wildman–Crippen LogP) is 8.64. The van der Waals surface area contributed by atoms with Gasteiger partial charge in [0, 0.05) is 28.0 Å². The van der Waals surface area contributed by atoms with Crippen molar-refractivity contribution in [1.82, 2.24) is 9.78 Å². The van der Waals surface area contributed by atoms with Gasteiger partial charge >= 0.3 is 12.4 Å². The van der Waals surface area contributed by atoms with Crippen LogP contribution in [-0.4, -0.2) is 22.2 Å². The van der Waals surface area contributed by atoms with E-state index in [0.29, 0.717) is 39.0 Å². The van der Waals surface area contributed by atoms with Crippen LogP contribution in [0.3, 0.4) is 0 Å². The molecule has 196 valence electrons. The van der Waals surface area contributed by atoms with Crippen LogP contribution < -0.4 is 14.8 Å². The summed E-state index contributed by atoms with van der Waals surface area (Å²) in [6.45, 7) is 0. The molecule has 0 fully saturated rings. The Hall–Kier alpha value is -4.76. The van der Waals surface area contributed by atoms with Crippen LogP contribution in [0, 0.1) is 0 Å². The van der Waals surface area contributed by atoms with E-state index in [2.05, 4.69) is 15.2 Å². The van der Waals surface area contributed by atoms with Gasteiger partial charge in [0.1, 0.15) is 22.9 Å². The number of halogens is 4. The van der Waals surface area contributed by atoms with Crippen molar-refractivity contribution >= 4 is 23.3 Å². The van der Waals surface area contributed by atoms with Gasteiger partial charge in [-0.05, 0) is 78.4 Å². The quantitative estimate of drug-likeness (QED) is 0.230. The maximum Gasteiger partial charge on any atom is 0.573 e. The molecular weight excluding hydrogens is 531 g/mol. The van der Waals surface area contributed by atoms with Crippen LogP contribution in [0.2, 0.25) is 5.02 Å². The third-order valence-electron chi connectivity index (χ3n) is 5.52. The van der Waals surface area contributed by atoms with E-state index in [0.717, 1.165) is 10.2 Å². The number of alkyl halides is 3. The van der Waals surface area contributed by atoms with Crippen LogP contribution in [0.5, 0.6) is 17.2 Å². The van der Waals surface area contributed by atoms with E-state index in [-0.39, 0.29) is 5.75 Å². The molecule has 0 aliphatic rings. The normalized spacial score (nSPS) is 11.2. The average molecular weight is 550 g/mol. The van der Waals surface area contributed by atoms with Crippen molar-refractivity contribution < 1.29 is 27.4 Å². The molecule has 0 radical (unpaired) electrons. The first-order valence-corrected chi connectivity index (χ1v) is 12.0. The predicted molar refractivity (Wildman–Crippen MR) is 142 cm³/mol. The van der Waals surface area contributed by atoms with Gasteiger partial charge < -0.3 is 14.8 Å². The molecule has 0 aliphatic heterocycles. The molecule has 0 spiro atoms. The third kappa shape index (κ3) is 6.58. The first-order chi connectivity index (χ1) is 18.7. The minimum Gasteiger partial charge on any atom is -0.457 e. The Balaban J connectivity index is 1.37. The number of rotatable bonds is 6. The van der Waals surface area contributed by atoms with E-state index in [1.807, 2.05) is 30.3 Å². The van der Waals surface area contributed by atoms with Gasteiger partial charge in [0.05, 0.1) is 0 Å². The second-order valence-corrected chi connectivity index (χ2v) is 8.72. The number of ether oxygens (including phenoxy) is 2. The molecule has 0 bridgehead atoms. The minimum absolute atomic E-state index is 0.354. The lowest BCUT2D eigenvalue weighted by Gasteiger charge is -2.09. The second kappa shape index (κ2) is 10.9. The zero-order valence-corrected chi connectivity index (χ0v) is 20.8. The van der Waals surface area contributed by atoms with E-state index < -0.39 is 12.4 Å². The molecule has 39 heavy (non-hydrogen) atoms. The summed E-state index contributed by atoms with van der Waals surface area (Å²) < 4.78 is 48.6. The highest BCUT2D eigenvalue weighted by Crippen LogP contribution is 2.33. The number of benzene rings is 4. The monoisotopic (exact) mass is 549 g/mol. The summed E-state index contributed by atoms with van der Waals surface area (Å²) in [6.07, 6.45) is -3.23. The molecule has 1 heterocycles. The molecule has 0 unspecified atom stereocenters. The van der Waals surface area contributed by atoms with Gasteiger partial charge in [0.2, 0.25) is 0 Å². The summed E-state index contributed by atoms with van der Waals surface area (Å²) in [4.78, 5) is 13.1.